The summed E-state index contributed by atoms with van der Waals surface area (Å²) in [6.07, 6.45) is 2.05. The molecule has 0 aromatic heterocycles. The molecule has 18 heavy (non-hydrogen) atoms. The maximum Gasteiger partial charge on any atom is 0.361 e. The molecule has 0 aliphatic heterocycles. The van der Waals surface area contributed by atoms with E-state index in [1.165, 1.54) is 5.56 Å². The molecular formula is C14H23O3P. The van der Waals surface area contributed by atoms with Crippen LogP contribution in [0.25, 0.3) is 0 Å². The molecule has 0 atom stereocenters. The standard InChI is InChI=1S/C14H23O3P/c1-5-8-13-9-12(4)10-14(11-13)18(15,16-6-2)17-7-3/h9-11H,5-8H2,1-4H3. The van der Waals surface area contributed by atoms with E-state index >= 15 is 0 Å². The van der Waals surface area contributed by atoms with Crippen LogP contribution in [0.5, 0.6) is 0 Å². The van der Waals surface area contributed by atoms with Crippen molar-refractivity contribution in [3.05, 3.63) is 29.3 Å². The molecule has 0 spiro atoms. The fourth-order valence-corrected chi connectivity index (χ4v) is 3.70. The summed E-state index contributed by atoms with van der Waals surface area (Å²) in [6, 6.07) is 5.96. The Kier molecular flexibility index (Phi) is 6.07. The average molecular weight is 270 g/mol. The molecule has 0 saturated carbocycles. The average Bonchev–Trinajstić information content (AvgIpc) is 2.29. The van der Waals surface area contributed by atoms with E-state index in [9.17, 15) is 4.57 Å². The molecular weight excluding hydrogens is 247 g/mol. The highest BCUT2D eigenvalue weighted by atomic mass is 31.2. The van der Waals surface area contributed by atoms with Crippen molar-refractivity contribution in [2.75, 3.05) is 13.2 Å². The summed E-state index contributed by atoms with van der Waals surface area (Å²) in [5.41, 5.74) is 2.28. The van der Waals surface area contributed by atoms with E-state index in [0.717, 1.165) is 18.4 Å². The maximum absolute atomic E-state index is 12.7. The molecule has 102 valence electrons. The molecule has 3 nitrogen and oxygen atoms in total. The number of aryl methyl sites for hydroxylation is 2. The molecule has 1 rings (SSSR count). The summed E-state index contributed by atoms with van der Waals surface area (Å²) in [4.78, 5) is 0. The van der Waals surface area contributed by atoms with Crippen LogP contribution in [0.2, 0.25) is 0 Å². The molecule has 4 heteroatoms. The lowest BCUT2D eigenvalue weighted by molar-refractivity contribution is 0.230. The summed E-state index contributed by atoms with van der Waals surface area (Å²) < 4.78 is 23.4. The van der Waals surface area contributed by atoms with E-state index in [0.29, 0.717) is 18.5 Å². The highest BCUT2D eigenvalue weighted by Crippen LogP contribution is 2.47. The van der Waals surface area contributed by atoms with Gasteiger partial charge >= 0.3 is 7.60 Å². The van der Waals surface area contributed by atoms with Crippen molar-refractivity contribution in [1.82, 2.24) is 0 Å². The van der Waals surface area contributed by atoms with Crippen LogP contribution in [0.3, 0.4) is 0 Å². The normalized spacial score (nSPS) is 11.8. The van der Waals surface area contributed by atoms with Gasteiger partial charge in [0, 0.05) is 0 Å². The smallest absolute Gasteiger partial charge is 0.305 e. The van der Waals surface area contributed by atoms with Crippen molar-refractivity contribution in [2.24, 2.45) is 0 Å². The number of benzene rings is 1. The van der Waals surface area contributed by atoms with Gasteiger partial charge < -0.3 is 9.05 Å². The zero-order valence-corrected chi connectivity index (χ0v) is 12.6. The summed E-state index contributed by atoms with van der Waals surface area (Å²) in [5.74, 6) is 0. The molecule has 0 amide bonds. The van der Waals surface area contributed by atoms with Crippen LogP contribution in [0.4, 0.5) is 0 Å². The third-order valence-electron chi connectivity index (χ3n) is 2.57. The van der Waals surface area contributed by atoms with Gasteiger partial charge in [-0.2, -0.15) is 0 Å². The third kappa shape index (κ3) is 3.94. The van der Waals surface area contributed by atoms with Crippen LogP contribution in [0.1, 0.15) is 38.3 Å². The van der Waals surface area contributed by atoms with E-state index in [1.807, 2.05) is 32.9 Å². The second-order valence-electron chi connectivity index (χ2n) is 4.26. The summed E-state index contributed by atoms with van der Waals surface area (Å²) >= 11 is 0. The number of rotatable bonds is 7. The van der Waals surface area contributed by atoms with Gasteiger partial charge in [-0.05, 0) is 50.5 Å². The number of hydrogen-bond donors (Lipinski definition) is 0. The van der Waals surface area contributed by atoms with Gasteiger partial charge in [-0.1, -0.05) is 19.4 Å². The largest absolute Gasteiger partial charge is 0.361 e. The Labute approximate surface area is 110 Å². The molecule has 0 bridgehead atoms. The van der Waals surface area contributed by atoms with Crippen molar-refractivity contribution in [1.29, 1.82) is 0 Å². The Hall–Kier alpha value is -0.630. The predicted molar refractivity (Wildman–Crippen MR) is 75.7 cm³/mol. The van der Waals surface area contributed by atoms with Crippen LogP contribution in [-0.4, -0.2) is 13.2 Å². The van der Waals surface area contributed by atoms with Crippen molar-refractivity contribution in [3.63, 3.8) is 0 Å². The predicted octanol–water partition coefficient (Wildman–Crippen LogP) is 3.84. The molecule has 0 radical (unpaired) electrons. The molecule has 0 fully saturated rings. The van der Waals surface area contributed by atoms with Gasteiger partial charge in [0.2, 0.25) is 0 Å². The van der Waals surface area contributed by atoms with Crippen LogP contribution >= 0.6 is 7.60 Å². The summed E-state index contributed by atoms with van der Waals surface area (Å²) in [7, 11) is -3.15. The highest BCUT2D eigenvalue weighted by Gasteiger charge is 2.27. The minimum absolute atomic E-state index is 0.383. The van der Waals surface area contributed by atoms with Crippen LogP contribution in [0, 0.1) is 6.92 Å². The van der Waals surface area contributed by atoms with Gasteiger partial charge in [0.15, 0.2) is 0 Å². The van der Waals surface area contributed by atoms with Crippen molar-refractivity contribution >= 4 is 12.9 Å². The lowest BCUT2D eigenvalue weighted by atomic mass is 10.1. The second-order valence-corrected chi connectivity index (χ2v) is 6.29. The monoisotopic (exact) mass is 270 g/mol. The highest BCUT2D eigenvalue weighted by molar-refractivity contribution is 7.62. The lowest BCUT2D eigenvalue weighted by Crippen LogP contribution is -2.12. The molecule has 0 unspecified atom stereocenters. The molecule has 0 N–H and O–H groups in total. The van der Waals surface area contributed by atoms with Crippen LogP contribution < -0.4 is 5.30 Å². The van der Waals surface area contributed by atoms with E-state index in [2.05, 4.69) is 13.0 Å². The van der Waals surface area contributed by atoms with Gasteiger partial charge in [-0.3, -0.25) is 4.57 Å². The van der Waals surface area contributed by atoms with Crippen LogP contribution in [-0.2, 0) is 20.0 Å². The molecule has 0 aliphatic rings. The van der Waals surface area contributed by atoms with Crippen LogP contribution in [0.15, 0.2) is 18.2 Å². The minimum Gasteiger partial charge on any atom is -0.305 e. The van der Waals surface area contributed by atoms with Gasteiger partial charge in [-0.25, -0.2) is 0 Å². The minimum atomic E-state index is -3.15. The van der Waals surface area contributed by atoms with Gasteiger partial charge in [-0.15, -0.1) is 0 Å². The molecule has 1 aromatic carbocycles. The van der Waals surface area contributed by atoms with Gasteiger partial charge in [0.25, 0.3) is 0 Å². The Morgan fingerprint density at radius 3 is 2.17 bits per heavy atom. The SMILES string of the molecule is CCCc1cc(C)cc(P(=O)(OCC)OCC)c1. The van der Waals surface area contributed by atoms with E-state index in [4.69, 9.17) is 9.05 Å². The molecule has 1 aromatic rings. The first kappa shape index (κ1) is 15.4. The fraction of sp³-hybridized carbons (Fsp3) is 0.571. The molecule has 0 saturated heterocycles. The first-order valence-electron chi connectivity index (χ1n) is 6.56. The van der Waals surface area contributed by atoms with E-state index in [-0.39, 0.29) is 0 Å². The Morgan fingerprint density at radius 1 is 1.06 bits per heavy atom. The lowest BCUT2D eigenvalue weighted by Gasteiger charge is -2.18. The van der Waals surface area contributed by atoms with Crippen molar-refractivity contribution < 1.29 is 13.6 Å². The Bertz CT molecular complexity index is 419. The topological polar surface area (TPSA) is 35.5 Å². The van der Waals surface area contributed by atoms with Gasteiger partial charge in [0.1, 0.15) is 0 Å². The Morgan fingerprint density at radius 2 is 1.67 bits per heavy atom. The summed E-state index contributed by atoms with van der Waals surface area (Å²) in [5, 5.41) is 0.676. The first-order valence-corrected chi connectivity index (χ1v) is 8.10. The third-order valence-corrected chi connectivity index (χ3v) is 4.66. The van der Waals surface area contributed by atoms with Crippen molar-refractivity contribution in [3.8, 4) is 0 Å². The first-order chi connectivity index (χ1) is 8.55. The molecule has 0 heterocycles. The zero-order valence-electron chi connectivity index (χ0n) is 11.7. The van der Waals surface area contributed by atoms with E-state index < -0.39 is 7.60 Å². The summed E-state index contributed by atoms with van der Waals surface area (Å²) in [6.45, 7) is 8.56. The number of hydrogen-bond acceptors (Lipinski definition) is 3. The fourth-order valence-electron chi connectivity index (χ4n) is 1.96. The molecule has 0 aliphatic carbocycles. The zero-order chi connectivity index (χ0) is 13.6. The Balaban J connectivity index is 3.15. The van der Waals surface area contributed by atoms with Crippen molar-refractivity contribution in [2.45, 2.75) is 40.5 Å². The van der Waals surface area contributed by atoms with E-state index in [1.54, 1.807) is 0 Å². The second kappa shape index (κ2) is 7.08. The quantitative estimate of drug-likeness (QED) is 0.706. The maximum atomic E-state index is 12.7. The van der Waals surface area contributed by atoms with Gasteiger partial charge in [0.05, 0.1) is 18.5 Å².